The van der Waals surface area contributed by atoms with Crippen LogP contribution in [0.2, 0.25) is 0 Å². The Balaban J connectivity index is 1.56. The third kappa shape index (κ3) is 5.53. The van der Waals surface area contributed by atoms with E-state index in [1.54, 1.807) is 13.0 Å². The van der Waals surface area contributed by atoms with E-state index in [4.69, 9.17) is 9.47 Å². The largest absolute Gasteiger partial charge is 0.444 e. The van der Waals surface area contributed by atoms with Gasteiger partial charge in [0.15, 0.2) is 5.82 Å². The van der Waals surface area contributed by atoms with Gasteiger partial charge in [-0.3, -0.25) is 9.89 Å². The zero-order valence-electron chi connectivity index (χ0n) is 16.9. The van der Waals surface area contributed by atoms with E-state index in [2.05, 4.69) is 20.8 Å². The van der Waals surface area contributed by atoms with Crippen molar-refractivity contribution in [3.05, 3.63) is 47.2 Å². The van der Waals surface area contributed by atoms with Crippen molar-refractivity contribution in [3.63, 3.8) is 0 Å². The first-order chi connectivity index (χ1) is 14.2. The second-order valence-electron chi connectivity index (χ2n) is 7.51. The summed E-state index contributed by atoms with van der Waals surface area (Å²) < 4.78 is 37.7. The second kappa shape index (κ2) is 9.21. The van der Waals surface area contributed by atoms with Crippen molar-refractivity contribution in [2.75, 3.05) is 11.9 Å². The summed E-state index contributed by atoms with van der Waals surface area (Å²) in [6.07, 6.45) is -0.813. The summed E-state index contributed by atoms with van der Waals surface area (Å²) >= 11 is 0. The molecule has 0 radical (unpaired) electrons. The average Bonchev–Trinajstić information content (AvgIpc) is 3.28. The normalized spacial score (nSPS) is 19.5. The number of nitrogens with one attached hydrogen (secondary N) is 3. The Morgan fingerprint density at radius 2 is 1.90 bits per heavy atom. The lowest BCUT2D eigenvalue weighted by Crippen LogP contribution is -2.33. The number of ether oxygens (including phenoxy) is 2. The molecule has 1 saturated heterocycles. The van der Waals surface area contributed by atoms with Gasteiger partial charge < -0.3 is 20.1 Å². The Hall–Kier alpha value is -3.01. The predicted molar refractivity (Wildman–Crippen MR) is 104 cm³/mol. The zero-order valence-corrected chi connectivity index (χ0v) is 16.9. The fraction of sp³-hybridized carbons (Fsp3) is 0.450. The fourth-order valence-electron chi connectivity index (χ4n) is 3.09. The van der Waals surface area contributed by atoms with E-state index in [1.165, 1.54) is 0 Å². The molecule has 8 nitrogen and oxygen atoms in total. The predicted octanol–water partition coefficient (Wildman–Crippen LogP) is 3.39. The van der Waals surface area contributed by atoms with Crippen molar-refractivity contribution in [1.29, 1.82) is 0 Å². The molecule has 2 heterocycles. The van der Waals surface area contributed by atoms with E-state index in [-0.39, 0.29) is 30.1 Å². The maximum atomic E-state index is 13.4. The molecule has 0 bridgehead atoms. The first kappa shape index (κ1) is 21.7. The number of rotatable bonds is 6. The standard InChI is InChI=1S/C20H24F2N4O4/c1-10(2)23-20(28)30-15-7-17(29-9-15)16-8-18(26-25-16)24-19(27)11(3)12-4-13(21)6-14(22)5-12/h4-6,8,10-11,15,17H,7,9H2,1-3H3,(H,23,28)(H2,24,25,26,27)/t11-,15-,17-/m1/s1. The summed E-state index contributed by atoms with van der Waals surface area (Å²) in [5, 5.41) is 12.1. The van der Waals surface area contributed by atoms with Crippen LogP contribution in [0, 0.1) is 11.6 Å². The summed E-state index contributed by atoms with van der Waals surface area (Å²) in [5.41, 5.74) is 0.838. The highest BCUT2D eigenvalue weighted by Crippen LogP contribution is 2.30. The second-order valence-corrected chi connectivity index (χ2v) is 7.51. The molecule has 10 heteroatoms. The van der Waals surface area contributed by atoms with Gasteiger partial charge in [-0.05, 0) is 38.5 Å². The Kier molecular flexibility index (Phi) is 6.66. The lowest BCUT2D eigenvalue weighted by Gasteiger charge is -2.13. The van der Waals surface area contributed by atoms with Crippen molar-refractivity contribution in [2.45, 2.75) is 51.4 Å². The van der Waals surface area contributed by atoms with Crippen LogP contribution in [0.3, 0.4) is 0 Å². The number of hydrogen-bond acceptors (Lipinski definition) is 5. The number of carbonyl (C=O) groups is 2. The highest BCUT2D eigenvalue weighted by molar-refractivity contribution is 5.94. The molecule has 0 spiro atoms. The van der Waals surface area contributed by atoms with E-state index >= 15 is 0 Å². The van der Waals surface area contributed by atoms with Crippen LogP contribution in [0.4, 0.5) is 19.4 Å². The number of alkyl carbamates (subject to hydrolysis) is 1. The van der Waals surface area contributed by atoms with E-state index in [0.29, 0.717) is 12.1 Å². The molecule has 0 unspecified atom stereocenters. The first-order valence-corrected chi connectivity index (χ1v) is 9.62. The summed E-state index contributed by atoms with van der Waals surface area (Å²) in [7, 11) is 0. The van der Waals surface area contributed by atoms with Crippen LogP contribution in [0.5, 0.6) is 0 Å². The van der Waals surface area contributed by atoms with Crippen molar-refractivity contribution >= 4 is 17.8 Å². The Labute approximate surface area is 172 Å². The van der Waals surface area contributed by atoms with E-state index < -0.39 is 35.7 Å². The molecule has 3 N–H and O–H groups in total. The number of amides is 2. The van der Waals surface area contributed by atoms with Gasteiger partial charge in [-0.25, -0.2) is 13.6 Å². The molecule has 2 amide bonds. The molecule has 3 atom stereocenters. The number of nitrogens with zero attached hydrogens (tertiary/aromatic N) is 1. The van der Waals surface area contributed by atoms with Gasteiger partial charge in [0.05, 0.1) is 18.2 Å². The molecule has 1 aliphatic heterocycles. The smallest absolute Gasteiger partial charge is 0.407 e. The number of aromatic amines is 1. The molecule has 1 fully saturated rings. The zero-order chi connectivity index (χ0) is 21.8. The lowest BCUT2D eigenvalue weighted by atomic mass is 10.00. The Bertz CT molecular complexity index is 898. The third-order valence-electron chi connectivity index (χ3n) is 4.61. The van der Waals surface area contributed by atoms with Crippen LogP contribution in [-0.2, 0) is 14.3 Å². The fourth-order valence-corrected chi connectivity index (χ4v) is 3.09. The van der Waals surface area contributed by atoms with E-state index in [9.17, 15) is 18.4 Å². The van der Waals surface area contributed by atoms with Crippen LogP contribution in [0.15, 0.2) is 24.3 Å². The monoisotopic (exact) mass is 422 g/mol. The minimum absolute atomic E-state index is 0.0272. The van der Waals surface area contributed by atoms with Crippen LogP contribution in [-0.4, -0.2) is 41.0 Å². The van der Waals surface area contributed by atoms with Gasteiger partial charge in [-0.1, -0.05) is 0 Å². The summed E-state index contributed by atoms with van der Waals surface area (Å²) in [5.74, 6) is -2.48. The number of benzene rings is 1. The highest BCUT2D eigenvalue weighted by Gasteiger charge is 2.31. The highest BCUT2D eigenvalue weighted by atomic mass is 19.1. The number of anilines is 1. The maximum Gasteiger partial charge on any atom is 0.407 e. The minimum atomic E-state index is -0.782. The molecule has 162 valence electrons. The van der Waals surface area contributed by atoms with Gasteiger partial charge in [-0.2, -0.15) is 5.10 Å². The molecular formula is C20H24F2N4O4. The van der Waals surface area contributed by atoms with Crippen molar-refractivity contribution in [3.8, 4) is 0 Å². The van der Waals surface area contributed by atoms with E-state index in [0.717, 1.165) is 18.2 Å². The Morgan fingerprint density at radius 1 is 1.20 bits per heavy atom. The van der Waals surface area contributed by atoms with Gasteiger partial charge in [0.25, 0.3) is 0 Å². The molecule has 1 aromatic heterocycles. The number of halogens is 2. The van der Waals surface area contributed by atoms with Crippen molar-refractivity contribution < 1.29 is 27.8 Å². The summed E-state index contributed by atoms with van der Waals surface area (Å²) in [6, 6.07) is 4.56. The van der Waals surface area contributed by atoms with Crippen LogP contribution in [0.1, 0.15) is 50.5 Å². The van der Waals surface area contributed by atoms with Crippen molar-refractivity contribution in [2.24, 2.45) is 0 Å². The maximum absolute atomic E-state index is 13.4. The number of H-pyrrole nitrogens is 1. The van der Waals surface area contributed by atoms with Crippen molar-refractivity contribution in [1.82, 2.24) is 15.5 Å². The van der Waals surface area contributed by atoms with Gasteiger partial charge in [0.1, 0.15) is 23.8 Å². The number of hydrogen-bond donors (Lipinski definition) is 3. The van der Waals surface area contributed by atoms with Crippen LogP contribution < -0.4 is 10.6 Å². The van der Waals surface area contributed by atoms with E-state index in [1.807, 2.05) is 13.8 Å². The lowest BCUT2D eigenvalue weighted by molar-refractivity contribution is -0.117. The van der Waals surface area contributed by atoms with Gasteiger partial charge >= 0.3 is 6.09 Å². The summed E-state index contributed by atoms with van der Waals surface area (Å²) in [4.78, 5) is 24.1. The molecule has 2 aromatic rings. The molecule has 1 aliphatic rings. The first-order valence-electron chi connectivity index (χ1n) is 9.62. The quantitative estimate of drug-likeness (QED) is 0.662. The molecule has 3 rings (SSSR count). The SMILES string of the molecule is CC(C)NC(=O)O[C@H]1CO[C@@H](c2cc(NC(=O)[C@H](C)c3cc(F)cc(F)c3)n[nH]2)C1. The number of aromatic nitrogens is 2. The molecule has 1 aromatic carbocycles. The number of carbonyl (C=O) groups excluding carboxylic acids is 2. The van der Waals surface area contributed by atoms with Gasteiger partial charge in [0.2, 0.25) is 5.91 Å². The average molecular weight is 422 g/mol. The van der Waals surface area contributed by atoms with Crippen LogP contribution >= 0.6 is 0 Å². The van der Waals surface area contributed by atoms with Gasteiger partial charge in [0, 0.05) is 24.6 Å². The molecule has 0 saturated carbocycles. The van der Waals surface area contributed by atoms with Crippen LogP contribution in [0.25, 0.3) is 0 Å². The third-order valence-corrected chi connectivity index (χ3v) is 4.61. The Morgan fingerprint density at radius 3 is 2.57 bits per heavy atom. The molecule has 0 aliphatic carbocycles. The minimum Gasteiger partial charge on any atom is -0.444 e. The molecular weight excluding hydrogens is 398 g/mol. The van der Waals surface area contributed by atoms with Gasteiger partial charge in [-0.15, -0.1) is 0 Å². The topological polar surface area (TPSA) is 105 Å². The summed E-state index contributed by atoms with van der Waals surface area (Å²) in [6.45, 7) is 5.46. The molecule has 30 heavy (non-hydrogen) atoms.